The van der Waals surface area contributed by atoms with Crippen molar-refractivity contribution < 1.29 is 4.79 Å². The zero-order chi connectivity index (χ0) is 17.4. The topological polar surface area (TPSA) is 54.3 Å². The molecule has 2 aromatic rings. The predicted octanol–water partition coefficient (Wildman–Crippen LogP) is 1.58. The largest absolute Gasteiger partial charge is 0.367 e. The van der Waals surface area contributed by atoms with Crippen LogP contribution in [0.4, 0.5) is 5.69 Å². The second-order valence-corrected chi connectivity index (χ2v) is 7.15. The molecule has 1 atom stereocenters. The third-order valence-corrected chi connectivity index (χ3v) is 5.64. The SMILES string of the molecule is Cc1ccncc1N1CCN(C(=O)C2CCc3cnn(C)c3C2)CC1. The molecule has 1 amide bonds. The molecule has 25 heavy (non-hydrogen) atoms. The number of aromatic nitrogens is 3. The fourth-order valence-electron chi connectivity index (χ4n) is 4.07. The molecule has 1 saturated heterocycles. The van der Waals surface area contributed by atoms with Crippen molar-refractivity contribution in [3.63, 3.8) is 0 Å². The summed E-state index contributed by atoms with van der Waals surface area (Å²) in [4.78, 5) is 21.6. The summed E-state index contributed by atoms with van der Waals surface area (Å²) >= 11 is 0. The Balaban J connectivity index is 1.39. The smallest absolute Gasteiger partial charge is 0.226 e. The summed E-state index contributed by atoms with van der Waals surface area (Å²) in [6, 6.07) is 2.04. The Labute approximate surface area is 148 Å². The Morgan fingerprint density at radius 1 is 1.20 bits per heavy atom. The minimum absolute atomic E-state index is 0.106. The van der Waals surface area contributed by atoms with E-state index < -0.39 is 0 Å². The fourth-order valence-corrected chi connectivity index (χ4v) is 4.07. The second kappa shape index (κ2) is 6.50. The quantitative estimate of drug-likeness (QED) is 0.834. The molecule has 6 nitrogen and oxygen atoms in total. The molecule has 0 bridgehead atoms. The number of rotatable bonds is 2. The van der Waals surface area contributed by atoms with Crippen LogP contribution < -0.4 is 4.90 Å². The normalized spacial score (nSPS) is 20.5. The molecule has 3 heterocycles. The minimum atomic E-state index is 0.106. The maximum atomic E-state index is 13.0. The van der Waals surface area contributed by atoms with E-state index in [-0.39, 0.29) is 5.92 Å². The van der Waals surface area contributed by atoms with Crippen molar-refractivity contribution in [1.82, 2.24) is 19.7 Å². The van der Waals surface area contributed by atoms with E-state index in [9.17, 15) is 4.79 Å². The van der Waals surface area contributed by atoms with Gasteiger partial charge in [0, 0.05) is 57.5 Å². The Kier molecular flexibility index (Phi) is 4.19. The van der Waals surface area contributed by atoms with Crippen LogP contribution in [0, 0.1) is 12.8 Å². The first-order chi connectivity index (χ1) is 12.1. The van der Waals surface area contributed by atoms with Gasteiger partial charge >= 0.3 is 0 Å². The highest BCUT2D eigenvalue weighted by molar-refractivity contribution is 5.79. The molecule has 0 saturated carbocycles. The Hall–Kier alpha value is -2.37. The van der Waals surface area contributed by atoms with E-state index >= 15 is 0 Å². The molecule has 0 aromatic carbocycles. The number of hydrogen-bond acceptors (Lipinski definition) is 4. The van der Waals surface area contributed by atoms with Crippen LogP contribution in [0.5, 0.6) is 0 Å². The minimum Gasteiger partial charge on any atom is -0.367 e. The van der Waals surface area contributed by atoms with Crippen LogP contribution in [0.2, 0.25) is 0 Å². The van der Waals surface area contributed by atoms with Gasteiger partial charge in [-0.15, -0.1) is 0 Å². The molecule has 2 aliphatic rings. The summed E-state index contributed by atoms with van der Waals surface area (Å²) in [5.74, 6) is 0.420. The van der Waals surface area contributed by atoms with Crippen molar-refractivity contribution in [3.05, 3.63) is 41.5 Å². The second-order valence-electron chi connectivity index (χ2n) is 7.15. The van der Waals surface area contributed by atoms with Crippen LogP contribution in [0.3, 0.4) is 0 Å². The maximum Gasteiger partial charge on any atom is 0.226 e. The number of pyridine rings is 1. The monoisotopic (exact) mass is 339 g/mol. The van der Waals surface area contributed by atoms with Crippen LogP contribution in [0.15, 0.2) is 24.7 Å². The van der Waals surface area contributed by atoms with Gasteiger partial charge < -0.3 is 9.80 Å². The van der Waals surface area contributed by atoms with Crippen molar-refractivity contribution in [1.29, 1.82) is 0 Å². The van der Waals surface area contributed by atoms with Gasteiger partial charge in [-0.2, -0.15) is 5.10 Å². The van der Waals surface area contributed by atoms with Gasteiger partial charge in [-0.05, 0) is 37.0 Å². The summed E-state index contributed by atoms with van der Waals surface area (Å²) in [6.45, 7) is 5.45. The van der Waals surface area contributed by atoms with Crippen LogP contribution in [-0.4, -0.2) is 51.8 Å². The zero-order valence-corrected chi connectivity index (χ0v) is 15.0. The highest BCUT2D eigenvalue weighted by Crippen LogP contribution is 2.27. The first-order valence-electron chi connectivity index (χ1n) is 9.07. The molecule has 132 valence electrons. The van der Waals surface area contributed by atoms with Crippen molar-refractivity contribution in [2.45, 2.75) is 26.2 Å². The number of nitrogens with zero attached hydrogens (tertiary/aromatic N) is 5. The van der Waals surface area contributed by atoms with Gasteiger partial charge in [-0.3, -0.25) is 14.5 Å². The van der Waals surface area contributed by atoms with Gasteiger partial charge in [0.15, 0.2) is 0 Å². The van der Waals surface area contributed by atoms with E-state index in [4.69, 9.17) is 0 Å². The molecule has 1 aliphatic heterocycles. The van der Waals surface area contributed by atoms with E-state index in [1.807, 2.05) is 41.3 Å². The third-order valence-electron chi connectivity index (χ3n) is 5.64. The van der Waals surface area contributed by atoms with Gasteiger partial charge in [0.2, 0.25) is 5.91 Å². The van der Waals surface area contributed by atoms with Crippen LogP contribution in [-0.2, 0) is 24.7 Å². The summed E-state index contributed by atoms with van der Waals surface area (Å²) in [5.41, 5.74) is 4.97. The van der Waals surface area contributed by atoms with Gasteiger partial charge in [0.05, 0.1) is 18.1 Å². The van der Waals surface area contributed by atoms with Gasteiger partial charge in [0.25, 0.3) is 0 Å². The molecule has 1 fully saturated rings. The number of carbonyl (C=O) groups excluding carboxylic acids is 1. The van der Waals surface area contributed by atoms with E-state index in [1.54, 1.807) is 0 Å². The number of amides is 1. The standard InChI is InChI=1S/C19H25N5O/c1-14-5-6-20-13-18(14)23-7-9-24(10-8-23)19(25)15-3-4-16-12-21-22(2)17(16)11-15/h5-6,12-13,15H,3-4,7-11H2,1-2H3. The average molecular weight is 339 g/mol. The van der Waals surface area contributed by atoms with Crippen LogP contribution in [0.1, 0.15) is 23.2 Å². The number of fused-ring (bicyclic) bond motifs is 1. The van der Waals surface area contributed by atoms with Crippen molar-refractivity contribution in [2.24, 2.45) is 13.0 Å². The van der Waals surface area contributed by atoms with E-state index in [1.165, 1.54) is 22.5 Å². The maximum absolute atomic E-state index is 13.0. The molecule has 6 heteroatoms. The average Bonchev–Trinajstić information content (AvgIpc) is 3.02. The molecular weight excluding hydrogens is 314 g/mol. The zero-order valence-electron chi connectivity index (χ0n) is 15.0. The van der Waals surface area contributed by atoms with E-state index in [2.05, 4.69) is 21.9 Å². The molecule has 0 radical (unpaired) electrons. The van der Waals surface area contributed by atoms with E-state index in [0.717, 1.165) is 45.4 Å². The fraction of sp³-hybridized carbons (Fsp3) is 0.526. The molecule has 2 aromatic heterocycles. The number of piperazine rings is 1. The summed E-state index contributed by atoms with van der Waals surface area (Å²) in [7, 11) is 1.97. The number of anilines is 1. The summed E-state index contributed by atoms with van der Waals surface area (Å²) in [6.07, 6.45) is 8.44. The summed E-state index contributed by atoms with van der Waals surface area (Å²) in [5, 5.41) is 4.34. The Morgan fingerprint density at radius 3 is 2.76 bits per heavy atom. The Bertz CT molecular complexity index is 776. The molecule has 0 N–H and O–H groups in total. The lowest BCUT2D eigenvalue weighted by molar-refractivity contribution is -0.136. The van der Waals surface area contributed by atoms with Crippen molar-refractivity contribution >= 4 is 11.6 Å². The van der Waals surface area contributed by atoms with Gasteiger partial charge in [-0.1, -0.05) is 0 Å². The van der Waals surface area contributed by atoms with Crippen LogP contribution in [0.25, 0.3) is 0 Å². The lowest BCUT2D eigenvalue weighted by Crippen LogP contribution is -2.51. The lowest BCUT2D eigenvalue weighted by Gasteiger charge is -2.38. The summed E-state index contributed by atoms with van der Waals surface area (Å²) < 4.78 is 1.93. The molecule has 0 spiro atoms. The Morgan fingerprint density at radius 2 is 2.00 bits per heavy atom. The van der Waals surface area contributed by atoms with Crippen LogP contribution >= 0.6 is 0 Å². The third kappa shape index (κ3) is 3.01. The number of carbonyl (C=O) groups is 1. The van der Waals surface area contributed by atoms with Gasteiger partial charge in [-0.25, -0.2) is 0 Å². The molecule has 4 rings (SSSR count). The highest BCUT2D eigenvalue weighted by Gasteiger charge is 2.31. The molecular formula is C19H25N5O. The first-order valence-corrected chi connectivity index (χ1v) is 9.07. The van der Waals surface area contributed by atoms with E-state index in [0.29, 0.717) is 5.91 Å². The lowest BCUT2D eigenvalue weighted by atomic mass is 9.87. The number of aryl methyl sites for hydroxylation is 3. The highest BCUT2D eigenvalue weighted by atomic mass is 16.2. The van der Waals surface area contributed by atoms with Crippen molar-refractivity contribution in [2.75, 3.05) is 31.1 Å². The van der Waals surface area contributed by atoms with Gasteiger partial charge in [0.1, 0.15) is 0 Å². The van der Waals surface area contributed by atoms with Crippen molar-refractivity contribution in [3.8, 4) is 0 Å². The number of hydrogen-bond donors (Lipinski definition) is 0. The molecule has 1 unspecified atom stereocenters. The first kappa shape index (κ1) is 16.1. The molecule has 1 aliphatic carbocycles. The predicted molar refractivity (Wildman–Crippen MR) is 96.5 cm³/mol.